The molecule has 0 unspecified atom stereocenters. The monoisotopic (exact) mass is 266 g/mol. The maximum absolute atomic E-state index is 11.7. The Labute approximate surface area is 114 Å². The predicted molar refractivity (Wildman–Crippen MR) is 74.0 cm³/mol. The van der Waals surface area contributed by atoms with Gasteiger partial charge < -0.3 is 13.9 Å². The van der Waals surface area contributed by atoms with Crippen LogP contribution in [0.5, 0.6) is 11.5 Å². The summed E-state index contributed by atoms with van der Waals surface area (Å²) in [6.07, 6.45) is 0. The molecule has 2 aromatic carbocycles. The van der Waals surface area contributed by atoms with E-state index in [1.807, 2.05) is 36.4 Å². The molecule has 0 bridgehead atoms. The zero-order chi connectivity index (χ0) is 13.5. The maximum atomic E-state index is 11.7. The van der Waals surface area contributed by atoms with Gasteiger partial charge in [0.2, 0.25) is 6.79 Å². The van der Waals surface area contributed by atoms with E-state index in [0.29, 0.717) is 11.3 Å². The molecular weight excluding hydrogens is 256 g/mol. The minimum absolute atomic E-state index is 0.233. The number of para-hydroxylation sites is 1. The van der Waals surface area contributed by atoms with Gasteiger partial charge in [-0.25, -0.2) is 4.79 Å². The van der Waals surface area contributed by atoms with Gasteiger partial charge in [0.1, 0.15) is 5.58 Å². The molecule has 0 fully saturated rings. The molecule has 3 aromatic rings. The average molecular weight is 266 g/mol. The smallest absolute Gasteiger partial charge is 0.336 e. The van der Waals surface area contributed by atoms with Crippen molar-refractivity contribution < 1.29 is 13.9 Å². The molecule has 4 rings (SSSR count). The summed E-state index contributed by atoms with van der Waals surface area (Å²) >= 11 is 0. The highest BCUT2D eigenvalue weighted by Gasteiger charge is 2.15. The molecule has 4 nitrogen and oxygen atoms in total. The van der Waals surface area contributed by atoms with Gasteiger partial charge in [0.05, 0.1) is 0 Å². The van der Waals surface area contributed by atoms with Crippen molar-refractivity contribution in [2.24, 2.45) is 0 Å². The van der Waals surface area contributed by atoms with E-state index < -0.39 is 0 Å². The zero-order valence-corrected chi connectivity index (χ0v) is 10.5. The molecule has 0 N–H and O–H groups in total. The van der Waals surface area contributed by atoms with Gasteiger partial charge in [0, 0.05) is 11.5 Å². The van der Waals surface area contributed by atoms with Crippen molar-refractivity contribution in [3.63, 3.8) is 0 Å². The van der Waals surface area contributed by atoms with Crippen LogP contribution in [0.15, 0.2) is 57.7 Å². The van der Waals surface area contributed by atoms with Gasteiger partial charge in [-0.3, -0.25) is 0 Å². The summed E-state index contributed by atoms with van der Waals surface area (Å²) in [5.41, 5.74) is 1.94. The first-order valence-electron chi connectivity index (χ1n) is 6.24. The molecule has 0 saturated heterocycles. The molecule has 2 heterocycles. The summed E-state index contributed by atoms with van der Waals surface area (Å²) in [5, 5.41) is 0.894. The minimum Gasteiger partial charge on any atom is -0.454 e. The van der Waals surface area contributed by atoms with Crippen LogP contribution in [0.25, 0.3) is 22.1 Å². The SMILES string of the molecule is O=c1cc(-c2ccc3c(c2)OCO3)c2ccccc2o1. The molecule has 0 amide bonds. The standard InChI is InChI=1S/C16H10O4/c17-16-8-12(11-3-1-2-4-13(11)20-16)10-5-6-14-15(7-10)19-9-18-14/h1-8H,9H2. The Morgan fingerprint density at radius 1 is 0.900 bits per heavy atom. The number of fused-ring (bicyclic) bond motifs is 2. The Hall–Kier alpha value is -2.75. The van der Waals surface area contributed by atoms with E-state index in [1.165, 1.54) is 6.07 Å². The first-order chi connectivity index (χ1) is 9.81. The second-order valence-electron chi connectivity index (χ2n) is 4.54. The average Bonchev–Trinajstić information content (AvgIpc) is 2.93. The lowest BCUT2D eigenvalue weighted by Gasteiger charge is -2.06. The van der Waals surface area contributed by atoms with Crippen LogP contribution in [0.3, 0.4) is 0 Å². The number of hydrogen-bond donors (Lipinski definition) is 0. The van der Waals surface area contributed by atoms with Crippen LogP contribution in [0.4, 0.5) is 0 Å². The quantitative estimate of drug-likeness (QED) is 0.635. The Balaban J connectivity index is 2.00. The summed E-state index contributed by atoms with van der Waals surface area (Å²) in [6, 6.07) is 14.6. The second-order valence-corrected chi connectivity index (χ2v) is 4.54. The summed E-state index contributed by atoms with van der Waals surface area (Å²) in [7, 11) is 0. The number of rotatable bonds is 1. The molecule has 20 heavy (non-hydrogen) atoms. The van der Waals surface area contributed by atoms with E-state index in [9.17, 15) is 4.79 Å². The molecule has 1 aliphatic heterocycles. The summed E-state index contributed by atoms with van der Waals surface area (Å²) in [6.45, 7) is 0.233. The fourth-order valence-corrected chi connectivity index (χ4v) is 2.41. The first-order valence-corrected chi connectivity index (χ1v) is 6.24. The van der Waals surface area contributed by atoms with Crippen molar-refractivity contribution >= 4 is 11.0 Å². The van der Waals surface area contributed by atoms with E-state index in [1.54, 1.807) is 6.07 Å². The lowest BCUT2D eigenvalue weighted by Crippen LogP contribution is -1.97. The molecule has 0 saturated carbocycles. The Bertz CT molecular complexity index is 864. The van der Waals surface area contributed by atoms with Crippen molar-refractivity contribution in [2.75, 3.05) is 6.79 Å². The van der Waals surface area contributed by atoms with Crippen LogP contribution in [-0.4, -0.2) is 6.79 Å². The van der Waals surface area contributed by atoms with Crippen molar-refractivity contribution in [1.29, 1.82) is 0 Å². The van der Waals surface area contributed by atoms with Crippen LogP contribution >= 0.6 is 0 Å². The summed E-state index contributed by atoms with van der Waals surface area (Å²) in [4.78, 5) is 11.7. The highest BCUT2D eigenvalue weighted by molar-refractivity contribution is 5.93. The minimum atomic E-state index is -0.364. The topological polar surface area (TPSA) is 48.7 Å². The fourth-order valence-electron chi connectivity index (χ4n) is 2.41. The van der Waals surface area contributed by atoms with Crippen molar-refractivity contribution in [2.45, 2.75) is 0 Å². The van der Waals surface area contributed by atoms with Crippen molar-refractivity contribution in [1.82, 2.24) is 0 Å². The first kappa shape index (κ1) is 11.1. The van der Waals surface area contributed by atoms with Crippen LogP contribution < -0.4 is 15.1 Å². The summed E-state index contributed by atoms with van der Waals surface area (Å²) < 4.78 is 15.9. The molecule has 4 heteroatoms. The van der Waals surface area contributed by atoms with Crippen LogP contribution in [-0.2, 0) is 0 Å². The normalized spacial score (nSPS) is 12.8. The Morgan fingerprint density at radius 2 is 1.75 bits per heavy atom. The van der Waals surface area contributed by atoms with Gasteiger partial charge in [0.25, 0.3) is 0 Å². The molecule has 98 valence electrons. The molecule has 0 spiro atoms. The molecular formula is C16H10O4. The second kappa shape index (κ2) is 4.13. The van der Waals surface area contributed by atoms with Gasteiger partial charge in [-0.05, 0) is 29.3 Å². The van der Waals surface area contributed by atoms with Crippen LogP contribution in [0.1, 0.15) is 0 Å². The third-order valence-electron chi connectivity index (χ3n) is 3.33. The lowest BCUT2D eigenvalue weighted by molar-refractivity contribution is 0.174. The molecule has 1 aromatic heterocycles. The number of benzene rings is 2. The summed E-state index contributed by atoms with van der Waals surface area (Å²) in [5.74, 6) is 1.42. The van der Waals surface area contributed by atoms with Gasteiger partial charge in [-0.1, -0.05) is 24.3 Å². The predicted octanol–water partition coefficient (Wildman–Crippen LogP) is 3.19. The number of ether oxygens (including phenoxy) is 2. The van der Waals surface area contributed by atoms with E-state index in [0.717, 1.165) is 22.3 Å². The van der Waals surface area contributed by atoms with Gasteiger partial charge in [-0.2, -0.15) is 0 Å². The Morgan fingerprint density at radius 3 is 2.70 bits per heavy atom. The fraction of sp³-hybridized carbons (Fsp3) is 0.0625. The van der Waals surface area contributed by atoms with E-state index in [-0.39, 0.29) is 12.4 Å². The third-order valence-corrected chi connectivity index (χ3v) is 3.33. The van der Waals surface area contributed by atoms with E-state index in [2.05, 4.69) is 0 Å². The van der Waals surface area contributed by atoms with Crippen molar-refractivity contribution in [3.05, 3.63) is 59.0 Å². The zero-order valence-electron chi connectivity index (χ0n) is 10.5. The highest BCUT2D eigenvalue weighted by Crippen LogP contribution is 2.37. The van der Waals surface area contributed by atoms with E-state index >= 15 is 0 Å². The largest absolute Gasteiger partial charge is 0.454 e. The van der Waals surface area contributed by atoms with E-state index in [4.69, 9.17) is 13.9 Å². The third kappa shape index (κ3) is 1.66. The number of hydrogen-bond acceptors (Lipinski definition) is 4. The van der Waals surface area contributed by atoms with Crippen LogP contribution in [0, 0.1) is 0 Å². The van der Waals surface area contributed by atoms with Gasteiger partial charge in [-0.15, -0.1) is 0 Å². The lowest BCUT2D eigenvalue weighted by atomic mass is 10.0. The molecule has 0 aliphatic carbocycles. The highest BCUT2D eigenvalue weighted by atomic mass is 16.7. The Kier molecular flexibility index (Phi) is 2.29. The molecule has 0 radical (unpaired) electrons. The van der Waals surface area contributed by atoms with Gasteiger partial charge in [0.15, 0.2) is 11.5 Å². The molecule has 1 aliphatic rings. The molecule has 0 atom stereocenters. The maximum Gasteiger partial charge on any atom is 0.336 e. The van der Waals surface area contributed by atoms with Crippen molar-refractivity contribution in [3.8, 4) is 22.6 Å². The van der Waals surface area contributed by atoms with Crippen LogP contribution in [0.2, 0.25) is 0 Å². The van der Waals surface area contributed by atoms with Gasteiger partial charge >= 0.3 is 5.63 Å².